The summed E-state index contributed by atoms with van der Waals surface area (Å²) in [5.74, 6) is 0.706. The van der Waals surface area contributed by atoms with Gasteiger partial charge in [-0.1, -0.05) is 18.2 Å². The van der Waals surface area contributed by atoms with Gasteiger partial charge in [-0.2, -0.15) is 5.26 Å². The molecule has 1 N–H and O–H groups in total. The second-order valence-corrected chi connectivity index (χ2v) is 3.94. The molecule has 0 radical (unpaired) electrons. The molecule has 16 heavy (non-hydrogen) atoms. The van der Waals surface area contributed by atoms with Crippen LogP contribution in [-0.4, -0.2) is 4.98 Å². The molecule has 2 rings (SSSR count). The summed E-state index contributed by atoms with van der Waals surface area (Å²) in [4.78, 5) is 4.24. The largest absolute Gasteiger partial charge is 0.339 e. The molecular formula is C12H8BrN3. The molecule has 0 saturated carbocycles. The van der Waals surface area contributed by atoms with Gasteiger partial charge in [-0.25, -0.2) is 4.98 Å². The summed E-state index contributed by atoms with van der Waals surface area (Å²) in [5, 5.41) is 12.0. The van der Waals surface area contributed by atoms with E-state index in [1.807, 2.05) is 36.4 Å². The summed E-state index contributed by atoms with van der Waals surface area (Å²) >= 11 is 3.29. The number of rotatable bonds is 2. The van der Waals surface area contributed by atoms with E-state index in [4.69, 9.17) is 5.26 Å². The Morgan fingerprint density at radius 3 is 2.69 bits per heavy atom. The highest BCUT2D eigenvalue weighted by Crippen LogP contribution is 2.19. The van der Waals surface area contributed by atoms with Gasteiger partial charge < -0.3 is 5.32 Å². The molecule has 2 aromatic rings. The highest BCUT2D eigenvalue weighted by Gasteiger charge is 2.01. The predicted octanol–water partition coefficient (Wildman–Crippen LogP) is 3.46. The third-order valence-corrected chi connectivity index (χ3v) is 2.47. The van der Waals surface area contributed by atoms with Gasteiger partial charge in [-0.3, -0.25) is 0 Å². The molecule has 0 atom stereocenters. The number of nitriles is 1. The number of nitrogens with one attached hydrogen (secondary N) is 1. The van der Waals surface area contributed by atoms with E-state index in [0.717, 1.165) is 10.3 Å². The summed E-state index contributed by atoms with van der Waals surface area (Å²) in [5.41, 5.74) is 1.36. The lowest BCUT2D eigenvalue weighted by molar-refractivity contribution is 1.26. The van der Waals surface area contributed by atoms with Crippen LogP contribution in [0.15, 0.2) is 47.1 Å². The van der Waals surface area contributed by atoms with Crippen LogP contribution < -0.4 is 5.32 Å². The van der Waals surface area contributed by atoms with Crippen LogP contribution in [0.1, 0.15) is 5.56 Å². The lowest BCUT2D eigenvalue weighted by Gasteiger charge is -2.06. The minimum absolute atomic E-state index is 0.601. The Kier molecular flexibility index (Phi) is 3.18. The van der Waals surface area contributed by atoms with E-state index in [9.17, 15) is 0 Å². The fourth-order valence-corrected chi connectivity index (χ4v) is 1.65. The van der Waals surface area contributed by atoms with Crippen molar-refractivity contribution in [2.45, 2.75) is 0 Å². The van der Waals surface area contributed by atoms with E-state index in [1.54, 1.807) is 6.07 Å². The fourth-order valence-electron chi connectivity index (χ4n) is 1.31. The van der Waals surface area contributed by atoms with Crippen molar-refractivity contribution in [3.63, 3.8) is 0 Å². The first-order chi connectivity index (χ1) is 7.79. The van der Waals surface area contributed by atoms with Gasteiger partial charge in [-0.05, 0) is 40.2 Å². The Morgan fingerprint density at radius 2 is 1.94 bits per heavy atom. The molecule has 3 nitrogen and oxygen atoms in total. The third kappa shape index (κ3) is 2.38. The number of hydrogen-bond donors (Lipinski definition) is 1. The SMILES string of the molecule is N#Cc1ccccc1Nc1cccc(Br)n1. The van der Waals surface area contributed by atoms with Crippen molar-refractivity contribution >= 4 is 27.4 Å². The maximum absolute atomic E-state index is 8.93. The molecule has 78 valence electrons. The number of aromatic nitrogens is 1. The minimum Gasteiger partial charge on any atom is -0.339 e. The predicted molar refractivity (Wildman–Crippen MR) is 66.4 cm³/mol. The van der Waals surface area contributed by atoms with Crippen molar-refractivity contribution in [3.05, 3.63) is 52.6 Å². The monoisotopic (exact) mass is 273 g/mol. The highest BCUT2D eigenvalue weighted by atomic mass is 79.9. The van der Waals surface area contributed by atoms with Crippen molar-refractivity contribution in [1.82, 2.24) is 4.98 Å². The molecular weight excluding hydrogens is 266 g/mol. The fraction of sp³-hybridized carbons (Fsp3) is 0. The third-order valence-electron chi connectivity index (χ3n) is 2.03. The molecule has 4 heteroatoms. The van der Waals surface area contributed by atoms with Crippen LogP contribution in [0.2, 0.25) is 0 Å². The summed E-state index contributed by atoms with van der Waals surface area (Å²) in [7, 11) is 0. The van der Waals surface area contributed by atoms with Crippen molar-refractivity contribution < 1.29 is 0 Å². The lowest BCUT2D eigenvalue weighted by Crippen LogP contribution is -1.95. The van der Waals surface area contributed by atoms with Crippen molar-refractivity contribution in [2.75, 3.05) is 5.32 Å². The number of halogens is 1. The van der Waals surface area contributed by atoms with Crippen LogP contribution in [0.3, 0.4) is 0 Å². The number of nitrogens with zero attached hydrogens (tertiary/aromatic N) is 2. The molecule has 1 aromatic heterocycles. The van der Waals surface area contributed by atoms with Crippen LogP contribution in [0.5, 0.6) is 0 Å². The van der Waals surface area contributed by atoms with Crippen molar-refractivity contribution in [2.24, 2.45) is 0 Å². The molecule has 0 aliphatic rings. The number of anilines is 2. The molecule has 1 aromatic carbocycles. The zero-order chi connectivity index (χ0) is 11.4. The van der Waals surface area contributed by atoms with Gasteiger partial charge in [0.1, 0.15) is 16.5 Å². The average molecular weight is 274 g/mol. The maximum atomic E-state index is 8.93. The zero-order valence-electron chi connectivity index (χ0n) is 8.31. The average Bonchev–Trinajstić information content (AvgIpc) is 2.30. The van der Waals surface area contributed by atoms with E-state index >= 15 is 0 Å². The van der Waals surface area contributed by atoms with Crippen molar-refractivity contribution in [3.8, 4) is 6.07 Å². The minimum atomic E-state index is 0.601. The maximum Gasteiger partial charge on any atom is 0.131 e. The normalized spacial score (nSPS) is 9.50. The smallest absolute Gasteiger partial charge is 0.131 e. The molecule has 0 spiro atoms. The Balaban J connectivity index is 2.31. The van der Waals surface area contributed by atoms with E-state index in [2.05, 4.69) is 32.3 Å². The first kappa shape index (κ1) is 10.7. The van der Waals surface area contributed by atoms with Crippen LogP contribution >= 0.6 is 15.9 Å². The second-order valence-electron chi connectivity index (χ2n) is 3.13. The van der Waals surface area contributed by atoms with E-state index in [-0.39, 0.29) is 0 Å². The number of benzene rings is 1. The molecule has 0 aliphatic heterocycles. The Labute approximate surface area is 102 Å². The van der Waals surface area contributed by atoms with Crippen LogP contribution in [0.4, 0.5) is 11.5 Å². The molecule has 0 unspecified atom stereocenters. The van der Waals surface area contributed by atoms with E-state index in [0.29, 0.717) is 11.4 Å². The van der Waals surface area contributed by atoms with Crippen LogP contribution in [0.25, 0.3) is 0 Å². The topological polar surface area (TPSA) is 48.7 Å². The van der Waals surface area contributed by atoms with Gasteiger partial charge in [0.15, 0.2) is 0 Å². The molecule has 0 bridgehead atoms. The van der Waals surface area contributed by atoms with Gasteiger partial charge in [0.25, 0.3) is 0 Å². The Morgan fingerprint density at radius 1 is 1.12 bits per heavy atom. The van der Waals surface area contributed by atoms with Gasteiger partial charge >= 0.3 is 0 Å². The number of para-hydroxylation sites is 1. The molecule has 0 aliphatic carbocycles. The second kappa shape index (κ2) is 4.77. The molecule has 1 heterocycles. The summed E-state index contributed by atoms with van der Waals surface area (Å²) in [6.07, 6.45) is 0. The zero-order valence-corrected chi connectivity index (χ0v) is 9.90. The first-order valence-electron chi connectivity index (χ1n) is 4.68. The van der Waals surface area contributed by atoms with Gasteiger partial charge in [-0.15, -0.1) is 0 Å². The van der Waals surface area contributed by atoms with E-state index in [1.165, 1.54) is 0 Å². The van der Waals surface area contributed by atoms with E-state index < -0.39 is 0 Å². The summed E-state index contributed by atoms with van der Waals surface area (Å²) in [6.45, 7) is 0. The molecule has 0 fully saturated rings. The number of hydrogen-bond acceptors (Lipinski definition) is 3. The summed E-state index contributed by atoms with van der Waals surface area (Å²) < 4.78 is 0.756. The lowest BCUT2D eigenvalue weighted by atomic mass is 10.2. The Bertz CT molecular complexity index is 546. The summed E-state index contributed by atoms with van der Waals surface area (Å²) in [6, 6.07) is 15.0. The van der Waals surface area contributed by atoms with Gasteiger partial charge in [0, 0.05) is 0 Å². The quantitative estimate of drug-likeness (QED) is 0.853. The first-order valence-corrected chi connectivity index (χ1v) is 5.47. The van der Waals surface area contributed by atoms with Crippen LogP contribution in [-0.2, 0) is 0 Å². The van der Waals surface area contributed by atoms with Crippen LogP contribution in [0, 0.1) is 11.3 Å². The van der Waals surface area contributed by atoms with Gasteiger partial charge in [0.05, 0.1) is 11.3 Å². The highest BCUT2D eigenvalue weighted by molar-refractivity contribution is 9.10. The van der Waals surface area contributed by atoms with Crippen molar-refractivity contribution in [1.29, 1.82) is 5.26 Å². The molecule has 0 amide bonds. The Hall–Kier alpha value is -1.86. The standard InChI is InChI=1S/C12H8BrN3/c13-11-6-3-7-12(16-11)15-10-5-2-1-4-9(10)8-14/h1-7H,(H,15,16). The molecule has 0 saturated heterocycles. The van der Waals surface area contributed by atoms with Gasteiger partial charge in [0.2, 0.25) is 0 Å². The number of pyridine rings is 1.